The second kappa shape index (κ2) is 4.79. The lowest BCUT2D eigenvalue weighted by molar-refractivity contribution is -0.133. The van der Waals surface area contributed by atoms with E-state index in [0.717, 1.165) is 24.8 Å². The highest BCUT2D eigenvalue weighted by atomic mass is 35.5. The van der Waals surface area contributed by atoms with Crippen LogP contribution in [0.3, 0.4) is 0 Å². The number of carbonyl (C=O) groups excluding carboxylic acids is 1. The van der Waals surface area contributed by atoms with Gasteiger partial charge in [0, 0.05) is 11.4 Å². The third kappa shape index (κ3) is 2.00. The number of benzene rings is 1. The first-order valence-corrected chi connectivity index (χ1v) is 6.42. The second-order valence-electron chi connectivity index (χ2n) is 4.86. The van der Waals surface area contributed by atoms with Gasteiger partial charge in [-0.2, -0.15) is 0 Å². The molecule has 1 aromatic carbocycles. The Labute approximate surface area is 108 Å². The van der Waals surface area contributed by atoms with Gasteiger partial charge in [-0.05, 0) is 38.6 Å². The molecule has 1 aliphatic rings. The number of Topliss-reactive ketones (excluding diaryl/α,β-unsaturated/α-hetero) is 1. The van der Waals surface area contributed by atoms with E-state index in [2.05, 4.69) is 0 Å². The predicted molar refractivity (Wildman–Crippen MR) is 70.3 cm³/mol. The Morgan fingerprint density at radius 3 is 2.53 bits per heavy atom. The van der Waals surface area contributed by atoms with Crippen LogP contribution in [0.5, 0.6) is 0 Å². The highest BCUT2D eigenvalue weighted by molar-refractivity contribution is 6.31. The Bertz CT molecular complexity index is 430. The molecule has 0 amide bonds. The fourth-order valence-electron chi connectivity index (χ4n) is 2.81. The normalized spacial score (nSPS) is 25.3. The lowest BCUT2D eigenvalue weighted by atomic mass is 9.74. The summed E-state index contributed by atoms with van der Waals surface area (Å²) in [7, 11) is 3.93. The van der Waals surface area contributed by atoms with Gasteiger partial charge in [-0.3, -0.25) is 9.69 Å². The van der Waals surface area contributed by atoms with E-state index >= 15 is 0 Å². The maximum absolute atomic E-state index is 12.4. The number of halogens is 1. The number of rotatable bonds is 2. The Hall–Kier alpha value is -0.860. The fraction of sp³-hybridized carbons (Fsp3) is 0.500. The third-order valence-electron chi connectivity index (χ3n) is 3.74. The number of ketones is 1. The Morgan fingerprint density at radius 1 is 1.24 bits per heavy atom. The van der Waals surface area contributed by atoms with Crippen LogP contribution in [0.15, 0.2) is 24.3 Å². The molecule has 0 heterocycles. The van der Waals surface area contributed by atoms with Crippen LogP contribution >= 0.6 is 11.6 Å². The summed E-state index contributed by atoms with van der Waals surface area (Å²) in [5.74, 6) is 0.293. The van der Waals surface area contributed by atoms with E-state index < -0.39 is 5.54 Å². The molecule has 0 bridgehead atoms. The average molecular weight is 252 g/mol. The van der Waals surface area contributed by atoms with Gasteiger partial charge in [-0.1, -0.05) is 36.2 Å². The van der Waals surface area contributed by atoms with Crippen LogP contribution in [0.2, 0.25) is 5.02 Å². The SMILES string of the molecule is CN(C)[C@]1(c2ccccc2Cl)CCCCC1=O. The summed E-state index contributed by atoms with van der Waals surface area (Å²) in [6.45, 7) is 0. The van der Waals surface area contributed by atoms with Crippen molar-refractivity contribution in [3.05, 3.63) is 34.9 Å². The van der Waals surface area contributed by atoms with Crippen molar-refractivity contribution in [3.63, 3.8) is 0 Å². The molecule has 0 N–H and O–H groups in total. The van der Waals surface area contributed by atoms with Gasteiger partial charge in [0.15, 0.2) is 5.78 Å². The summed E-state index contributed by atoms with van der Waals surface area (Å²) in [5.41, 5.74) is 0.438. The molecule has 0 unspecified atom stereocenters. The van der Waals surface area contributed by atoms with Crippen molar-refractivity contribution < 1.29 is 4.79 Å². The third-order valence-corrected chi connectivity index (χ3v) is 4.07. The molecule has 1 aliphatic carbocycles. The zero-order chi connectivity index (χ0) is 12.5. The monoisotopic (exact) mass is 251 g/mol. The van der Waals surface area contributed by atoms with Crippen molar-refractivity contribution in [3.8, 4) is 0 Å². The molecule has 0 saturated heterocycles. The molecule has 1 atom stereocenters. The van der Waals surface area contributed by atoms with Crippen molar-refractivity contribution >= 4 is 17.4 Å². The minimum absolute atomic E-state index is 0.293. The molecule has 17 heavy (non-hydrogen) atoms. The molecule has 0 aliphatic heterocycles. The van der Waals surface area contributed by atoms with Gasteiger partial charge in [-0.25, -0.2) is 0 Å². The van der Waals surface area contributed by atoms with Gasteiger partial charge in [-0.15, -0.1) is 0 Å². The van der Waals surface area contributed by atoms with Crippen LogP contribution in [0.1, 0.15) is 31.2 Å². The van der Waals surface area contributed by atoms with Gasteiger partial charge in [0.05, 0.1) is 0 Å². The summed E-state index contributed by atoms with van der Waals surface area (Å²) in [5, 5.41) is 0.691. The molecule has 0 aromatic heterocycles. The standard InChI is InChI=1S/C14H18ClNO/c1-16(2)14(10-6-5-9-13(14)17)11-7-3-4-8-12(11)15/h3-4,7-8H,5-6,9-10H2,1-2H3/t14-/m0/s1. The molecule has 2 rings (SSSR count). The van der Waals surface area contributed by atoms with Crippen molar-refractivity contribution in [2.45, 2.75) is 31.2 Å². The molecule has 92 valence electrons. The number of likely N-dealkylation sites (N-methyl/N-ethyl adjacent to an activating group) is 1. The lowest BCUT2D eigenvalue weighted by Gasteiger charge is -2.42. The van der Waals surface area contributed by atoms with Gasteiger partial charge in [0.25, 0.3) is 0 Å². The van der Waals surface area contributed by atoms with E-state index in [0.29, 0.717) is 17.2 Å². The second-order valence-corrected chi connectivity index (χ2v) is 5.27. The van der Waals surface area contributed by atoms with E-state index in [-0.39, 0.29) is 0 Å². The summed E-state index contributed by atoms with van der Waals surface area (Å²) < 4.78 is 0. The van der Waals surface area contributed by atoms with E-state index in [1.54, 1.807) is 0 Å². The maximum Gasteiger partial charge on any atom is 0.157 e. The lowest BCUT2D eigenvalue weighted by Crippen LogP contribution is -2.50. The van der Waals surface area contributed by atoms with Crippen molar-refractivity contribution in [1.82, 2.24) is 4.90 Å². The van der Waals surface area contributed by atoms with E-state index in [1.807, 2.05) is 43.3 Å². The smallest absolute Gasteiger partial charge is 0.157 e. The van der Waals surface area contributed by atoms with Crippen molar-refractivity contribution in [2.75, 3.05) is 14.1 Å². The summed E-state index contributed by atoms with van der Waals surface area (Å²) in [6, 6.07) is 7.70. The molecule has 0 radical (unpaired) electrons. The van der Waals surface area contributed by atoms with Gasteiger partial charge < -0.3 is 0 Å². The minimum Gasteiger partial charge on any atom is -0.297 e. The molecular formula is C14H18ClNO. The Morgan fingerprint density at radius 2 is 1.94 bits per heavy atom. The first-order valence-electron chi connectivity index (χ1n) is 6.05. The highest BCUT2D eigenvalue weighted by Crippen LogP contribution is 2.41. The quantitative estimate of drug-likeness (QED) is 0.804. The maximum atomic E-state index is 12.4. The molecule has 0 spiro atoms. The molecule has 1 saturated carbocycles. The molecule has 1 fully saturated rings. The zero-order valence-corrected chi connectivity index (χ0v) is 11.1. The van der Waals surface area contributed by atoms with Crippen molar-refractivity contribution in [2.24, 2.45) is 0 Å². The number of nitrogens with zero attached hydrogens (tertiary/aromatic N) is 1. The Balaban J connectivity index is 2.55. The Kier molecular flexibility index (Phi) is 3.55. The van der Waals surface area contributed by atoms with Gasteiger partial charge in [0.1, 0.15) is 5.54 Å². The van der Waals surface area contributed by atoms with Crippen LogP contribution in [0, 0.1) is 0 Å². The predicted octanol–water partition coefficient (Wildman–Crippen LogP) is 3.24. The average Bonchev–Trinajstić information content (AvgIpc) is 2.30. The number of carbonyl (C=O) groups is 1. The molecule has 2 nitrogen and oxygen atoms in total. The summed E-state index contributed by atoms with van der Waals surface area (Å²) in [4.78, 5) is 14.4. The zero-order valence-electron chi connectivity index (χ0n) is 10.4. The molecule has 1 aromatic rings. The first kappa shape index (κ1) is 12.6. The summed E-state index contributed by atoms with van der Waals surface area (Å²) in [6.07, 6.45) is 3.60. The van der Waals surface area contributed by atoms with E-state index in [1.165, 1.54) is 0 Å². The van der Waals surface area contributed by atoms with E-state index in [9.17, 15) is 4.79 Å². The number of hydrogen-bond donors (Lipinski definition) is 0. The van der Waals surface area contributed by atoms with Gasteiger partial charge >= 0.3 is 0 Å². The minimum atomic E-state index is -0.517. The fourth-order valence-corrected chi connectivity index (χ4v) is 3.10. The largest absolute Gasteiger partial charge is 0.297 e. The van der Waals surface area contributed by atoms with E-state index in [4.69, 9.17) is 11.6 Å². The van der Waals surface area contributed by atoms with Crippen LogP contribution in [-0.4, -0.2) is 24.8 Å². The van der Waals surface area contributed by atoms with Crippen LogP contribution < -0.4 is 0 Å². The molecular weight excluding hydrogens is 234 g/mol. The summed E-state index contributed by atoms with van der Waals surface area (Å²) >= 11 is 6.28. The van der Waals surface area contributed by atoms with Crippen molar-refractivity contribution in [1.29, 1.82) is 0 Å². The molecule has 3 heteroatoms. The number of hydrogen-bond acceptors (Lipinski definition) is 2. The topological polar surface area (TPSA) is 20.3 Å². The first-order chi connectivity index (χ1) is 8.09. The van der Waals surface area contributed by atoms with Crippen LogP contribution in [0.25, 0.3) is 0 Å². The van der Waals surface area contributed by atoms with Crippen LogP contribution in [-0.2, 0) is 10.3 Å². The van der Waals surface area contributed by atoms with Crippen LogP contribution in [0.4, 0.5) is 0 Å². The van der Waals surface area contributed by atoms with Gasteiger partial charge in [0.2, 0.25) is 0 Å². The highest BCUT2D eigenvalue weighted by Gasteiger charge is 2.44.